The van der Waals surface area contributed by atoms with Gasteiger partial charge in [0, 0.05) is 19.7 Å². The molecule has 4 rings (SSSR count). The highest BCUT2D eigenvalue weighted by molar-refractivity contribution is 5.57. The van der Waals surface area contributed by atoms with E-state index in [1.54, 1.807) is 7.11 Å². The molecule has 0 radical (unpaired) electrons. The first-order valence-corrected chi connectivity index (χ1v) is 7.70. The zero-order valence-electron chi connectivity index (χ0n) is 12.9. The molecule has 2 aromatic heterocycles. The van der Waals surface area contributed by atoms with E-state index in [-0.39, 0.29) is 6.23 Å². The van der Waals surface area contributed by atoms with Crippen LogP contribution in [-0.4, -0.2) is 35.1 Å². The Kier molecular flexibility index (Phi) is 3.35. The lowest BCUT2D eigenvalue weighted by Crippen LogP contribution is -2.34. The zero-order valence-corrected chi connectivity index (χ0v) is 12.9. The Hall–Kier alpha value is -1.92. The largest absolute Gasteiger partial charge is 0.361 e. The number of piperidine rings is 1. The predicted molar refractivity (Wildman–Crippen MR) is 81.3 cm³/mol. The van der Waals surface area contributed by atoms with Crippen molar-refractivity contribution in [1.29, 1.82) is 0 Å². The van der Waals surface area contributed by atoms with Crippen LogP contribution in [0.1, 0.15) is 35.4 Å². The van der Waals surface area contributed by atoms with Crippen LogP contribution in [0, 0.1) is 12.8 Å². The van der Waals surface area contributed by atoms with Gasteiger partial charge in [-0.2, -0.15) is 5.10 Å². The number of hydrogen-bond donors (Lipinski definition) is 1. The minimum absolute atomic E-state index is 0.351. The number of rotatable bonds is 3. The second-order valence-corrected chi connectivity index (χ2v) is 6.02. The topological polar surface area (TPSA) is 65.1 Å². The minimum atomic E-state index is -0.351. The summed E-state index contributed by atoms with van der Waals surface area (Å²) in [5, 5.41) is 12.1. The molecule has 0 spiro atoms. The van der Waals surface area contributed by atoms with Gasteiger partial charge in [-0.25, -0.2) is 4.68 Å². The van der Waals surface area contributed by atoms with E-state index in [9.17, 15) is 0 Å². The van der Waals surface area contributed by atoms with E-state index in [0.717, 1.165) is 43.1 Å². The van der Waals surface area contributed by atoms with Crippen LogP contribution in [0.25, 0.3) is 6.08 Å². The Morgan fingerprint density at radius 2 is 2.41 bits per heavy atom. The van der Waals surface area contributed by atoms with Crippen LogP contribution in [-0.2, 0) is 11.2 Å². The van der Waals surface area contributed by atoms with Crippen LogP contribution < -0.4 is 5.32 Å². The molecule has 1 aliphatic carbocycles. The lowest BCUT2D eigenvalue weighted by atomic mass is 9.83. The lowest BCUT2D eigenvalue weighted by molar-refractivity contribution is 0.0612. The number of aromatic nitrogens is 3. The summed E-state index contributed by atoms with van der Waals surface area (Å²) in [5.74, 6) is 1.38. The van der Waals surface area contributed by atoms with Crippen molar-refractivity contribution in [2.45, 2.75) is 26.0 Å². The molecule has 2 atom stereocenters. The summed E-state index contributed by atoms with van der Waals surface area (Å²) in [5.41, 5.74) is 4.68. The molecule has 2 aromatic rings. The molecule has 0 bridgehead atoms. The summed E-state index contributed by atoms with van der Waals surface area (Å²) in [6.07, 6.45) is 6.04. The monoisotopic (exact) mass is 300 g/mol. The highest BCUT2D eigenvalue weighted by Gasteiger charge is 2.29. The quantitative estimate of drug-likeness (QED) is 0.938. The molecule has 116 valence electrons. The molecule has 0 saturated carbocycles. The van der Waals surface area contributed by atoms with Crippen LogP contribution in [0.15, 0.2) is 22.4 Å². The predicted octanol–water partition coefficient (Wildman–Crippen LogP) is 1.92. The Bertz CT molecular complexity index is 716. The van der Waals surface area contributed by atoms with Crippen molar-refractivity contribution in [2.24, 2.45) is 5.92 Å². The highest BCUT2D eigenvalue weighted by atomic mass is 16.5. The fourth-order valence-corrected chi connectivity index (χ4v) is 3.44. The van der Waals surface area contributed by atoms with Gasteiger partial charge in [-0.15, -0.1) is 0 Å². The Morgan fingerprint density at radius 1 is 1.50 bits per heavy atom. The molecule has 1 fully saturated rings. The average Bonchev–Trinajstić information content (AvgIpc) is 3.13. The van der Waals surface area contributed by atoms with Crippen molar-refractivity contribution in [1.82, 2.24) is 20.3 Å². The van der Waals surface area contributed by atoms with Crippen molar-refractivity contribution in [3.63, 3.8) is 0 Å². The number of hydrogen-bond acceptors (Lipinski definition) is 5. The van der Waals surface area contributed by atoms with Crippen LogP contribution in [0.5, 0.6) is 0 Å². The van der Waals surface area contributed by atoms with Crippen molar-refractivity contribution in [2.75, 3.05) is 20.2 Å². The van der Waals surface area contributed by atoms with E-state index in [0.29, 0.717) is 5.92 Å². The Balaban J connectivity index is 1.73. The molecular formula is C16H20N4O2. The summed E-state index contributed by atoms with van der Waals surface area (Å²) < 4.78 is 12.7. The van der Waals surface area contributed by atoms with Crippen molar-refractivity contribution < 1.29 is 9.26 Å². The van der Waals surface area contributed by atoms with Gasteiger partial charge >= 0.3 is 0 Å². The molecular weight excluding hydrogens is 280 g/mol. The molecule has 6 heteroatoms. The summed E-state index contributed by atoms with van der Waals surface area (Å²) in [7, 11) is 1.67. The van der Waals surface area contributed by atoms with Gasteiger partial charge in [-0.3, -0.25) is 0 Å². The molecule has 2 aliphatic rings. The van der Waals surface area contributed by atoms with E-state index in [4.69, 9.17) is 9.26 Å². The fraction of sp³-hybridized carbons (Fsp3) is 0.500. The van der Waals surface area contributed by atoms with Gasteiger partial charge < -0.3 is 14.6 Å². The molecule has 0 aromatic carbocycles. The van der Waals surface area contributed by atoms with Gasteiger partial charge in [0.15, 0.2) is 6.23 Å². The van der Waals surface area contributed by atoms with Crippen molar-refractivity contribution >= 4 is 6.08 Å². The molecule has 0 amide bonds. The number of aryl methyl sites for hydroxylation is 1. The van der Waals surface area contributed by atoms with Crippen LogP contribution in [0.3, 0.4) is 0 Å². The van der Waals surface area contributed by atoms with E-state index in [1.807, 2.05) is 23.9 Å². The highest BCUT2D eigenvalue weighted by Crippen LogP contribution is 2.33. The smallest absolute Gasteiger partial charge is 0.196 e. The first kappa shape index (κ1) is 13.7. The molecule has 22 heavy (non-hydrogen) atoms. The molecule has 1 N–H and O–H groups in total. The number of methoxy groups -OCH3 is 1. The van der Waals surface area contributed by atoms with Gasteiger partial charge in [0.05, 0.1) is 11.9 Å². The number of fused-ring (bicyclic) bond motifs is 2. The van der Waals surface area contributed by atoms with Crippen molar-refractivity contribution in [3.05, 3.63) is 40.5 Å². The number of ether oxygens (including phenoxy) is 1. The van der Waals surface area contributed by atoms with Crippen molar-refractivity contribution in [3.8, 4) is 0 Å². The molecule has 6 nitrogen and oxygen atoms in total. The van der Waals surface area contributed by atoms with Gasteiger partial charge in [0.1, 0.15) is 11.5 Å². The van der Waals surface area contributed by atoms with Gasteiger partial charge in [0.25, 0.3) is 0 Å². The third-order valence-corrected chi connectivity index (χ3v) is 4.55. The summed E-state index contributed by atoms with van der Waals surface area (Å²) in [6, 6.07) is 1.89. The second-order valence-electron chi connectivity index (χ2n) is 6.02. The maximum atomic E-state index is 5.63. The third-order valence-electron chi connectivity index (χ3n) is 4.55. The van der Waals surface area contributed by atoms with Crippen LogP contribution in [0.4, 0.5) is 0 Å². The van der Waals surface area contributed by atoms with Gasteiger partial charge in [-0.1, -0.05) is 10.7 Å². The SMILES string of the molecule is COC(c1cc(C)on1)n1ncc2c1C=C1CCNCC1C2. The first-order valence-electron chi connectivity index (χ1n) is 7.70. The summed E-state index contributed by atoms with van der Waals surface area (Å²) >= 11 is 0. The Labute approximate surface area is 129 Å². The summed E-state index contributed by atoms with van der Waals surface area (Å²) in [6.45, 7) is 4.00. The maximum Gasteiger partial charge on any atom is 0.196 e. The Morgan fingerprint density at radius 3 is 3.18 bits per heavy atom. The normalized spacial score (nSPS) is 21.9. The molecule has 1 saturated heterocycles. The minimum Gasteiger partial charge on any atom is -0.361 e. The molecule has 3 heterocycles. The summed E-state index contributed by atoms with van der Waals surface area (Å²) in [4.78, 5) is 0. The first-order chi connectivity index (χ1) is 10.8. The maximum absolute atomic E-state index is 5.63. The van der Waals surface area contributed by atoms with Gasteiger partial charge in [0.2, 0.25) is 0 Å². The van der Waals surface area contributed by atoms with E-state index in [2.05, 4.69) is 21.6 Å². The second kappa shape index (κ2) is 5.37. The standard InChI is InChI=1S/C16H20N4O2/c1-10-5-14(19-22-10)16(21-2)20-15-7-11-3-4-17-8-12(11)6-13(15)9-18-20/h5,7,9,12,16-17H,3-4,6,8H2,1-2H3. The van der Waals surface area contributed by atoms with E-state index >= 15 is 0 Å². The lowest BCUT2D eigenvalue weighted by Gasteiger charge is -2.30. The zero-order chi connectivity index (χ0) is 15.1. The average molecular weight is 300 g/mol. The number of nitrogens with one attached hydrogen (secondary N) is 1. The van der Waals surface area contributed by atoms with Gasteiger partial charge in [-0.05, 0) is 43.9 Å². The number of nitrogens with zero attached hydrogens (tertiary/aromatic N) is 3. The molecule has 2 unspecified atom stereocenters. The third kappa shape index (κ3) is 2.19. The molecule has 1 aliphatic heterocycles. The van der Waals surface area contributed by atoms with Crippen LogP contribution in [0.2, 0.25) is 0 Å². The fourth-order valence-electron chi connectivity index (χ4n) is 3.44. The van der Waals surface area contributed by atoms with E-state index < -0.39 is 0 Å². The van der Waals surface area contributed by atoms with E-state index in [1.165, 1.54) is 11.1 Å². The van der Waals surface area contributed by atoms with Crippen LogP contribution >= 0.6 is 0 Å².